The van der Waals surface area contributed by atoms with E-state index in [4.69, 9.17) is 5.11 Å². The van der Waals surface area contributed by atoms with Crippen LogP contribution in [0.5, 0.6) is 0 Å². The summed E-state index contributed by atoms with van der Waals surface area (Å²) in [4.78, 5) is 0. The SMILES string of the molecule is CC1CCC(CNC(CCO)C2CC2)CC1. The van der Waals surface area contributed by atoms with E-state index in [1.165, 1.54) is 45.1 Å². The van der Waals surface area contributed by atoms with Gasteiger partial charge in [0.2, 0.25) is 0 Å². The van der Waals surface area contributed by atoms with Crippen molar-refractivity contribution in [1.29, 1.82) is 0 Å². The highest BCUT2D eigenvalue weighted by molar-refractivity contribution is 4.87. The average molecular weight is 225 g/mol. The summed E-state index contributed by atoms with van der Waals surface area (Å²) < 4.78 is 0. The Bertz CT molecular complexity index is 195. The maximum atomic E-state index is 9.05. The van der Waals surface area contributed by atoms with Crippen LogP contribution in [0.15, 0.2) is 0 Å². The second kappa shape index (κ2) is 6.02. The molecule has 2 N–H and O–H groups in total. The number of nitrogens with one attached hydrogen (secondary N) is 1. The molecule has 94 valence electrons. The predicted octanol–water partition coefficient (Wildman–Crippen LogP) is 2.56. The van der Waals surface area contributed by atoms with Crippen molar-refractivity contribution in [3.8, 4) is 0 Å². The summed E-state index contributed by atoms with van der Waals surface area (Å²) in [5.74, 6) is 2.72. The van der Waals surface area contributed by atoms with Crippen LogP contribution in [0.1, 0.15) is 51.9 Å². The van der Waals surface area contributed by atoms with Crippen LogP contribution >= 0.6 is 0 Å². The fourth-order valence-corrected chi connectivity index (χ4v) is 2.99. The van der Waals surface area contributed by atoms with Gasteiger partial charge >= 0.3 is 0 Å². The van der Waals surface area contributed by atoms with Gasteiger partial charge < -0.3 is 10.4 Å². The topological polar surface area (TPSA) is 32.3 Å². The maximum Gasteiger partial charge on any atom is 0.0445 e. The number of aliphatic hydroxyl groups excluding tert-OH is 1. The summed E-state index contributed by atoms with van der Waals surface area (Å²) in [5.41, 5.74) is 0. The molecule has 2 saturated carbocycles. The molecule has 0 aromatic rings. The third-order valence-corrected chi connectivity index (χ3v) is 4.44. The molecule has 0 saturated heterocycles. The minimum Gasteiger partial charge on any atom is -0.396 e. The van der Waals surface area contributed by atoms with Gasteiger partial charge in [0.1, 0.15) is 0 Å². The smallest absolute Gasteiger partial charge is 0.0445 e. The summed E-state index contributed by atoms with van der Waals surface area (Å²) in [6, 6.07) is 0.601. The molecule has 0 heterocycles. The number of aliphatic hydroxyl groups is 1. The van der Waals surface area contributed by atoms with Crippen molar-refractivity contribution < 1.29 is 5.11 Å². The lowest BCUT2D eigenvalue weighted by molar-refractivity contribution is 0.236. The summed E-state index contributed by atoms with van der Waals surface area (Å²) in [6.07, 6.45) is 9.35. The van der Waals surface area contributed by atoms with E-state index >= 15 is 0 Å². The normalized spacial score (nSPS) is 32.6. The van der Waals surface area contributed by atoms with E-state index in [1.807, 2.05) is 0 Å². The highest BCUT2D eigenvalue weighted by Gasteiger charge is 2.31. The summed E-state index contributed by atoms with van der Waals surface area (Å²) in [6.45, 7) is 3.91. The minimum atomic E-state index is 0.343. The molecule has 2 fully saturated rings. The van der Waals surface area contributed by atoms with Gasteiger partial charge in [-0.15, -0.1) is 0 Å². The maximum absolute atomic E-state index is 9.05. The first kappa shape index (κ1) is 12.4. The highest BCUT2D eigenvalue weighted by Crippen LogP contribution is 2.34. The van der Waals surface area contributed by atoms with Gasteiger partial charge in [-0.05, 0) is 56.4 Å². The van der Waals surface area contributed by atoms with Gasteiger partial charge in [-0.3, -0.25) is 0 Å². The second-order valence-electron chi connectivity index (χ2n) is 5.99. The largest absolute Gasteiger partial charge is 0.396 e. The fraction of sp³-hybridized carbons (Fsp3) is 1.00. The number of rotatable bonds is 6. The van der Waals surface area contributed by atoms with Gasteiger partial charge in [0.25, 0.3) is 0 Å². The Hall–Kier alpha value is -0.0800. The lowest BCUT2D eigenvalue weighted by atomic mass is 9.83. The average Bonchev–Trinajstić information content (AvgIpc) is 3.10. The molecule has 2 nitrogen and oxygen atoms in total. The molecule has 16 heavy (non-hydrogen) atoms. The van der Waals surface area contributed by atoms with Crippen molar-refractivity contribution in [1.82, 2.24) is 5.32 Å². The van der Waals surface area contributed by atoms with Gasteiger partial charge in [0.15, 0.2) is 0 Å². The second-order valence-corrected chi connectivity index (χ2v) is 5.99. The highest BCUT2D eigenvalue weighted by atomic mass is 16.3. The minimum absolute atomic E-state index is 0.343. The first-order chi connectivity index (χ1) is 7.79. The van der Waals surface area contributed by atoms with Crippen LogP contribution in [0.2, 0.25) is 0 Å². The molecule has 0 amide bonds. The lowest BCUT2D eigenvalue weighted by Crippen LogP contribution is -2.36. The van der Waals surface area contributed by atoms with E-state index < -0.39 is 0 Å². The number of hydrogen-bond donors (Lipinski definition) is 2. The fourth-order valence-electron chi connectivity index (χ4n) is 2.99. The Balaban J connectivity index is 1.65. The van der Waals surface area contributed by atoms with Crippen molar-refractivity contribution in [2.24, 2.45) is 17.8 Å². The van der Waals surface area contributed by atoms with Gasteiger partial charge in [-0.2, -0.15) is 0 Å². The van der Waals surface area contributed by atoms with E-state index in [9.17, 15) is 0 Å². The molecule has 2 aliphatic rings. The third-order valence-electron chi connectivity index (χ3n) is 4.44. The van der Waals surface area contributed by atoms with Crippen molar-refractivity contribution in [2.75, 3.05) is 13.2 Å². The summed E-state index contributed by atoms with van der Waals surface area (Å²) in [5, 5.41) is 12.8. The Morgan fingerprint density at radius 2 is 1.81 bits per heavy atom. The summed E-state index contributed by atoms with van der Waals surface area (Å²) in [7, 11) is 0. The van der Waals surface area contributed by atoms with Crippen molar-refractivity contribution in [3.05, 3.63) is 0 Å². The van der Waals surface area contributed by atoms with Gasteiger partial charge in [-0.1, -0.05) is 19.8 Å². The Labute approximate surface area is 99.8 Å². The van der Waals surface area contributed by atoms with Crippen molar-refractivity contribution in [3.63, 3.8) is 0 Å². The van der Waals surface area contributed by atoms with Crippen LogP contribution in [0.3, 0.4) is 0 Å². The monoisotopic (exact) mass is 225 g/mol. The molecule has 0 aromatic carbocycles. The summed E-state index contributed by atoms with van der Waals surface area (Å²) >= 11 is 0. The van der Waals surface area contributed by atoms with Crippen molar-refractivity contribution in [2.45, 2.75) is 57.9 Å². The molecular weight excluding hydrogens is 198 g/mol. The third kappa shape index (κ3) is 3.74. The van der Waals surface area contributed by atoms with Crippen LogP contribution < -0.4 is 5.32 Å². The molecule has 0 spiro atoms. The Morgan fingerprint density at radius 3 is 2.38 bits per heavy atom. The first-order valence-electron chi connectivity index (χ1n) is 7.14. The molecule has 0 aliphatic heterocycles. The Morgan fingerprint density at radius 1 is 1.12 bits per heavy atom. The van der Waals surface area contributed by atoms with Gasteiger partial charge in [0, 0.05) is 12.6 Å². The van der Waals surface area contributed by atoms with Crippen LogP contribution in [-0.4, -0.2) is 24.3 Å². The molecular formula is C14H27NO. The molecule has 2 heteroatoms. The first-order valence-corrected chi connectivity index (χ1v) is 7.14. The van der Waals surface area contributed by atoms with E-state index in [0.717, 1.165) is 24.2 Å². The standard InChI is InChI=1S/C14H27NO/c1-11-2-4-12(5-3-11)10-15-14(8-9-16)13-6-7-13/h11-16H,2-10H2,1H3. The van der Waals surface area contributed by atoms with Gasteiger partial charge in [-0.25, -0.2) is 0 Å². The quantitative estimate of drug-likeness (QED) is 0.728. The zero-order chi connectivity index (χ0) is 11.4. The van der Waals surface area contributed by atoms with E-state index in [2.05, 4.69) is 12.2 Å². The molecule has 0 bridgehead atoms. The predicted molar refractivity (Wildman–Crippen MR) is 67.3 cm³/mol. The van der Waals surface area contributed by atoms with Crippen LogP contribution in [0.4, 0.5) is 0 Å². The van der Waals surface area contributed by atoms with Crippen molar-refractivity contribution >= 4 is 0 Å². The zero-order valence-corrected chi connectivity index (χ0v) is 10.6. The van der Waals surface area contributed by atoms with Crippen LogP contribution in [0.25, 0.3) is 0 Å². The van der Waals surface area contributed by atoms with Crippen LogP contribution in [0, 0.1) is 17.8 Å². The molecule has 1 atom stereocenters. The number of hydrogen-bond acceptors (Lipinski definition) is 2. The molecule has 0 aromatic heterocycles. The lowest BCUT2D eigenvalue weighted by Gasteiger charge is -2.28. The molecule has 1 unspecified atom stereocenters. The van der Waals surface area contributed by atoms with Crippen LogP contribution in [-0.2, 0) is 0 Å². The zero-order valence-electron chi connectivity index (χ0n) is 10.6. The molecule has 2 rings (SSSR count). The van der Waals surface area contributed by atoms with E-state index in [-0.39, 0.29) is 0 Å². The van der Waals surface area contributed by atoms with E-state index in [0.29, 0.717) is 12.6 Å². The molecule has 0 radical (unpaired) electrons. The molecule has 2 aliphatic carbocycles. The van der Waals surface area contributed by atoms with E-state index in [1.54, 1.807) is 0 Å². The Kier molecular flexibility index (Phi) is 4.66. The van der Waals surface area contributed by atoms with Gasteiger partial charge in [0.05, 0.1) is 0 Å².